The fourth-order valence-corrected chi connectivity index (χ4v) is 6.32. The van der Waals surface area contributed by atoms with Crippen LogP contribution < -0.4 is 10.6 Å². The zero-order valence-electron chi connectivity index (χ0n) is 18.1. The second-order valence-corrected chi connectivity index (χ2v) is 10.7. The summed E-state index contributed by atoms with van der Waals surface area (Å²) in [6.07, 6.45) is 6.93. The Morgan fingerprint density at radius 1 is 1.27 bits per heavy atom. The van der Waals surface area contributed by atoms with Crippen molar-refractivity contribution < 1.29 is 18.7 Å². The lowest BCUT2D eigenvalue weighted by atomic mass is 9.75. The van der Waals surface area contributed by atoms with Crippen LogP contribution in [0.25, 0.3) is 0 Å². The molecular formula is C23H31N3O4. The van der Waals surface area contributed by atoms with E-state index < -0.39 is 17.4 Å². The Morgan fingerprint density at radius 3 is 2.67 bits per heavy atom. The summed E-state index contributed by atoms with van der Waals surface area (Å²) in [7, 11) is 0. The van der Waals surface area contributed by atoms with Gasteiger partial charge in [0.25, 0.3) is 0 Å². The number of fused-ring (bicyclic) bond motifs is 1. The molecule has 4 aliphatic rings. The van der Waals surface area contributed by atoms with Gasteiger partial charge in [-0.2, -0.15) is 0 Å². The number of carbonyl (C=O) groups is 2. The molecule has 0 aliphatic carbocycles. The fraction of sp³-hybridized carbons (Fsp3) is 0.652. The number of amides is 2. The smallest absolute Gasteiger partial charge is 0.230 e. The average Bonchev–Trinajstić information content (AvgIpc) is 3.35. The number of hydrogen-bond donors (Lipinski definition) is 2. The minimum absolute atomic E-state index is 0.0237. The highest BCUT2D eigenvalue weighted by Gasteiger charge is 2.67. The SMILES string of the molecule is CC1(C)CC(NC(=O)C2C3C(=O)N(Cc4ccco4)C[C@]34C=C[C@H]2O4)CC(C)(C)N1. The molecule has 0 radical (unpaired) electrons. The number of carbonyl (C=O) groups excluding carboxylic acids is 2. The largest absolute Gasteiger partial charge is 0.467 e. The normalized spacial score (nSPS) is 36.3. The van der Waals surface area contributed by atoms with Gasteiger partial charge in [-0.25, -0.2) is 0 Å². The molecule has 2 N–H and O–H groups in total. The molecule has 7 nitrogen and oxygen atoms in total. The fourth-order valence-electron chi connectivity index (χ4n) is 6.32. The Labute approximate surface area is 177 Å². The summed E-state index contributed by atoms with van der Waals surface area (Å²) in [6.45, 7) is 9.52. The minimum Gasteiger partial charge on any atom is -0.467 e. The number of likely N-dealkylation sites (tertiary alicyclic amines) is 1. The van der Waals surface area contributed by atoms with E-state index in [1.165, 1.54) is 0 Å². The van der Waals surface area contributed by atoms with Gasteiger partial charge in [0.05, 0.1) is 37.3 Å². The first kappa shape index (κ1) is 19.8. The van der Waals surface area contributed by atoms with E-state index in [1.807, 2.05) is 24.3 Å². The van der Waals surface area contributed by atoms with Gasteiger partial charge in [-0.05, 0) is 52.7 Å². The van der Waals surface area contributed by atoms with E-state index in [0.29, 0.717) is 13.1 Å². The Hall–Kier alpha value is -2.12. The first-order valence-electron chi connectivity index (χ1n) is 10.9. The molecule has 1 aromatic heterocycles. The second-order valence-electron chi connectivity index (χ2n) is 10.7. The van der Waals surface area contributed by atoms with Crippen LogP contribution in [-0.2, 0) is 20.9 Å². The number of nitrogens with zero attached hydrogens (tertiary/aromatic N) is 1. The number of rotatable bonds is 4. The van der Waals surface area contributed by atoms with Crippen LogP contribution in [0.15, 0.2) is 35.0 Å². The average molecular weight is 414 g/mol. The van der Waals surface area contributed by atoms with Crippen molar-refractivity contribution in [1.82, 2.24) is 15.5 Å². The maximum atomic E-state index is 13.4. The van der Waals surface area contributed by atoms with Crippen LogP contribution in [0.3, 0.4) is 0 Å². The number of furan rings is 1. The standard InChI is InChI=1S/C23H31N3O4/c1-21(2)10-14(11-22(3,4)25-21)24-19(27)17-16-7-8-23(30-16)13-26(20(28)18(17)23)12-15-6-5-9-29-15/h5-9,14,16-18,25H,10-13H2,1-4H3,(H,24,27)/t16-,17?,18?,23-/m1/s1. The summed E-state index contributed by atoms with van der Waals surface area (Å²) >= 11 is 0. The second kappa shape index (κ2) is 6.44. The maximum Gasteiger partial charge on any atom is 0.230 e. The van der Waals surface area contributed by atoms with Gasteiger partial charge < -0.3 is 24.7 Å². The van der Waals surface area contributed by atoms with Crippen molar-refractivity contribution in [2.45, 2.75) is 75.9 Å². The predicted molar refractivity (Wildman–Crippen MR) is 110 cm³/mol. The number of hydrogen-bond acceptors (Lipinski definition) is 5. The summed E-state index contributed by atoms with van der Waals surface area (Å²) < 4.78 is 11.6. The maximum absolute atomic E-state index is 13.4. The molecule has 3 saturated heterocycles. The highest BCUT2D eigenvalue weighted by atomic mass is 16.5. The van der Waals surface area contributed by atoms with Crippen molar-refractivity contribution in [2.24, 2.45) is 11.8 Å². The van der Waals surface area contributed by atoms with Crippen LogP contribution >= 0.6 is 0 Å². The van der Waals surface area contributed by atoms with E-state index in [1.54, 1.807) is 11.2 Å². The molecule has 7 heteroatoms. The Bertz CT molecular complexity index is 874. The number of nitrogens with one attached hydrogen (secondary N) is 2. The molecule has 5 heterocycles. The Balaban J connectivity index is 1.33. The van der Waals surface area contributed by atoms with Crippen molar-refractivity contribution in [3.8, 4) is 0 Å². The molecule has 0 saturated carbocycles. The molecule has 2 unspecified atom stereocenters. The topological polar surface area (TPSA) is 83.8 Å². The van der Waals surface area contributed by atoms with Crippen LogP contribution in [0.4, 0.5) is 0 Å². The van der Waals surface area contributed by atoms with E-state index >= 15 is 0 Å². The third-order valence-electron chi connectivity index (χ3n) is 6.94. The lowest BCUT2D eigenvalue weighted by molar-refractivity contribution is -0.138. The quantitative estimate of drug-likeness (QED) is 0.738. The number of ether oxygens (including phenoxy) is 1. The van der Waals surface area contributed by atoms with Crippen molar-refractivity contribution in [3.63, 3.8) is 0 Å². The monoisotopic (exact) mass is 413 g/mol. The van der Waals surface area contributed by atoms with Crippen molar-refractivity contribution >= 4 is 11.8 Å². The molecule has 0 aromatic carbocycles. The van der Waals surface area contributed by atoms with Gasteiger partial charge in [-0.15, -0.1) is 0 Å². The van der Waals surface area contributed by atoms with Crippen LogP contribution in [-0.4, -0.2) is 52.1 Å². The first-order chi connectivity index (χ1) is 14.1. The van der Waals surface area contributed by atoms with Crippen molar-refractivity contribution in [3.05, 3.63) is 36.3 Å². The molecule has 4 atom stereocenters. The summed E-state index contributed by atoms with van der Waals surface area (Å²) in [4.78, 5) is 28.4. The van der Waals surface area contributed by atoms with Gasteiger partial charge in [-0.1, -0.05) is 12.2 Å². The van der Waals surface area contributed by atoms with Crippen LogP contribution in [0.5, 0.6) is 0 Å². The van der Waals surface area contributed by atoms with Gasteiger partial charge in [0.1, 0.15) is 11.4 Å². The zero-order chi connectivity index (χ0) is 21.3. The van der Waals surface area contributed by atoms with E-state index in [9.17, 15) is 9.59 Å². The number of piperidine rings is 1. The van der Waals surface area contributed by atoms with Gasteiger partial charge in [0.2, 0.25) is 11.8 Å². The third kappa shape index (κ3) is 3.19. The van der Waals surface area contributed by atoms with Crippen LogP contribution in [0.1, 0.15) is 46.3 Å². The van der Waals surface area contributed by atoms with E-state index in [0.717, 1.165) is 18.6 Å². The molecule has 2 bridgehead atoms. The highest BCUT2D eigenvalue weighted by Crippen LogP contribution is 2.52. The predicted octanol–water partition coefficient (Wildman–Crippen LogP) is 1.99. The molecule has 30 heavy (non-hydrogen) atoms. The van der Waals surface area contributed by atoms with Crippen molar-refractivity contribution in [1.29, 1.82) is 0 Å². The molecule has 162 valence electrons. The van der Waals surface area contributed by atoms with Gasteiger partial charge in [0.15, 0.2) is 0 Å². The van der Waals surface area contributed by atoms with Crippen LogP contribution in [0.2, 0.25) is 0 Å². The summed E-state index contributed by atoms with van der Waals surface area (Å²) in [5.74, 6) is -0.305. The van der Waals surface area contributed by atoms with E-state index in [2.05, 4.69) is 38.3 Å². The summed E-state index contributed by atoms with van der Waals surface area (Å²) in [6, 6.07) is 3.74. The minimum atomic E-state index is -0.691. The lowest BCUT2D eigenvalue weighted by Gasteiger charge is -2.47. The van der Waals surface area contributed by atoms with Crippen LogP contribution in [0, 0.1) is 11.8 Å². The molecule has 4 aliphatic heterocycles. The van der Waals surface area contributed by atoms with Gasteiger partial charge >= 0.3 is 0 Å². The van der Waals surface area contributed by atoms with E-state index in [4.69, 9.17) is 9.15 Å². The third-order valence-corrected chi connectivity index (χ3v) is 6.94. The van der Waals surface area contributed by atoms with Gasteiger partial charge in [0, 0.05) is 17.1 Å². The van der Waals surface area contributed by atoms with E-state index in [-0.39, 0.29) is 35.0 Å². The molecular weight excluding hydrogens is 382 g/mol. The van der Waals surface area contributed by atoms with Crippen molar-refractivity contribution in [2.75, 3.05) is 6.54 Å². The lowest BCUT2D eigenvalue weighted by Crippen LogP contribution is -2.62. The summed E-state index contributed by atoms with van der Waals surface area (Å²) in [5.41, 5.74) is -0.812. The first-order valence-corrected chi connectivity index (χ1v) is 10.9. The molecule has 5 rings (SSSR count). The molecule has 1 aromatic rings. The molecule has 1 spiro atoms. The Kier molecular flexibility index (Phi) is 4.25. The zero-order valence-corrected chi connectivity index (χ0v) is 18.1. The van der Waals surface area contributed by atoms with Gasteiger partial charge in [-0.3, -0.25) is 9.59 Å². The Morgan fingerprint density at radius 2 is 2.00 bits per heavy atom. The summed E-state index contributed by atoms with van der Waals surface area (Å²) in [5, 5.41) is 6.91. The molecule has 2 amide bonds. The highest BCUT2D eigenvalue weighted by molar-refractivity contribution is 5.93. The molecule has 3 fully saturated rings.